The Morgan fingerprint density at radius 1 is 0.897 bits per heavy atom. The van der Waals surface area contributed by atoms with Crippen molar-refractivity contribution >= 4 is 23.7 Å². The lowest BCUT2D eigenvalue weighted by Gasteiger charge is -2.08. The number of ketones is 1. The van der Waals surface area contributed by atoms with Crippen molar-refractivity contribution in [3.8, 4) is 0 Å². The van der Waals surface area contributed by atoms with E-state index in [0.717, 1.165) is 16.7 Å². The predicted octanol–water partition coefficient (Wildman–Crippen LogP) is 2.84. The van der Waals surface area contributed by atoms with Crippen LogP contribution in [0.1, 0.15) is 39.9 Å². The Morgan fingerprint density at radius 2 is 1.62 bits per heavy atom. The van der Waals surface area contributed by atoms with E-state index in [1.807, 2.05) is 50.2 Å². The lowest BCUT2D eigenvalue weighted by atomic mass is 10.0. The molecule has 0 unspecified atom stereocenters. The number of aryl methyl sites for hydroxylation is 2. The second kappa shape index (κ2) is 10.8. The van der Waals surface area contributed by atoms with Gasteiger partial charge in [0, 0.05) is 18.5 Å². The Labute approximate surface area is 169 Å². The molecule has 0 bridgehead atoms. The van der Waals surface area contributed by atoms with Gasteiger partial charge in [0.05, 0.1) is 6.42 Å². The van der Waals surface area contributed by atoms with Gasteiger partial charge in [-0.3, -0.25) is 19.7 Å². The highest BCUT2D eigenvalue weighted by molar-refractivity contribution is 5.98. The summed E-state index contributed by atoms with van der Waals surface area (Å²) < 4.78 is 4.81. The summed E-state index contributed by atoms with van der Waals surface area (Å²) in [4.78, 5) is 47.2. The molecule has 0 saturated heterocycles. The van der Waals surface area contributed by atoms with Crippen LogP contribution < -0.4 is 10.6 Å². The molecule has 0 radical (unpaired) electrons. The van der Waals surface area contributed by atoms with Crippen LogP contribution in [-0.4, -0.2) is 30.3 Å². The highest BCUT2D eigenvalue weighted by Gasteiger charge is 2.13. The van der Waals surface area contributed by atoms with Crippen molar-refractivity contribution in [1.29, 1.82) is 0 Å². The van der Waals surface area contributed by atoms with E-state index in [4.69, 9.17) is 4.74 Å². The van der Waals surface area contributed by atoms with Crippen molar-refractivity contribution in [2.75, 3.05) is 6.61 Å². The number of hydrogen-bond acceptors (Lipinski definition) is 5. The minimum Gasteiger partial charge on any atom is -0.456 e. The third kappa shape index (κ3) is 7.57. The monoisotopic (exact) mass is 396 g/mol. The number of amides is 3. The lowest BCUT2D eigenvalue weighted by Crippen LogP contribution is -2.41. The topological polar surface area (TPSA) is 102 Å². The highest BCUT2D eigenvalue weighted by Crippen LogP contribution is 2.12. The first kappa shape index (κ1) is 21.8. The van der Waals surface area contributed by atoms with Crippen LogP contribution in [0.4, 0.5) is 4.79 Å². The van der Waals surface area contributed by atoms with Crippen LogP contribution in [0.5, 0.6) is 0 Å². The number of imide groups is 1. The maximum absolute atomic E-state index is 12.1. The molecule has 0 aliphatic rings. The van der Waals surface area contributed by atoms with Gasteiger partial charge in [-0.1, -0.05) is 42.5 Å². The van der Waals surface area contributed by atoms with Gasteiger partial charge in [0.15, 0.2) is 12.4 Å². The Bertz CT molecular complexity index is 893. The zero-order valence-corrected chi connectivity index (χ0v) is 16.5. The van der Waals surface area contributed by atoms with Crippen LogP contribution in [0, 0.1) is 13.8 Å². The minimum absolute atomic E-state index is 0.0134. The molecule has 2 aromatic rings. The van der Waals surface area contributed by atoms with Gasteiger partial charge in [-0.15, -0.1) is 0 Å². The van der Waals surface area contributed by atoms with Crippen molar-refractivity contribution in [2.24, 2.45) is 0 Å². The zero-order chi connectivity index (χ0) is 21.2. The molecule has 2 rings (SSSR count). The van der Waals surface area contributed by atoms with Gasteiger partial charge in [-0.05, 0) is 36.6 Å². The Hall–Kier alpha value is -3.48. The minimum atomic E-state index is -0.746. The average Bonchev–Trinajstić information content (AvgIpc) is 2.71. The predicted molar refractivity (Wildman–Crippen MR) is 107 cm³/mol. The number of esters is 1. The summed E-state index contributed by atoms with van der Waals surface area (Å²) in [6.07, 6.45) is -0.153. The van der Waals surface area contributed by atoms with Crippen LogP contribution >= 0.6 is 0 Å². The number of rotatable bonds is 8. The van der Waals surface area contributed by atoms with Crippen LogP contribution in [0.2, 0.25) is 0 Å². The van der Waals surface area contributed by atoms with Gasteiger partial charge in [0.25, 0.3) is 5.91 Å². The first-order chi connectivity index (χ1) is 13.8. The summed E-state index contributed by atoms with van der Waals surface area (Å²) >= 11 is 0. The van der Waals surface area contributed by atoms with Gasteiger partial charge in [-0.2, -0.15) is 0 Å². The van der Waals surface area contributed by atoms with Gasteiger partial charge < -0.3 is 10.1 Å². The summed E-state index contributed by atoms with van der Waals surface area (Å²) in [7, 11) is 0. The maximum Gasteiger partial charge on any atom is 0.321 e. The van der Waals surface area contributed by atoms with E-state index in [1.54, 1.807) is 12.1 Å². The summed E-state index contributed by atoms with van der Waals surface area (Å²) in [6.45, 7) is 3.54. The van der Waals surface area contributed by atoms with Crippen molar-refractivity contribution in [2.45, 2.75) is 33.2 Å². The van der Waals surface area contributed by atoms with E-state index in [-0.39, 0.29) is 25.2 Å². The summed E-state index contributed by atoms with van der Waals surface area (Å²) in [5, 5.41) is 4.60. The average molecular weight is 396 g/mol. The standard InChI is InChI=1S/C22H24N2O5/c1-15-8-9-18(12-16(15)2)19(25)10-11-21(27)29-14-20(26)24-22(28)23-13-17-6-4-3-5-7-17/h3-9,12H,10-11,13-14H2,1-2H3,(H2,23,24,26,28). The van der Waals surface area contributed by atoms with E-state index in [2.05, 4.69) is 10.6 Å². The molecule has 7 nitrogen and oxygen atoms in total. The number of nitrogens with one attached hydrogen (secondary N) is 2. The number of hydrogen-bond donors (Lipinski definition) is 2. The molecule has 0 saturated carbocycles. The Morgan fingerprint density at radius 3 is 2.31 bits per heavy atom. The third-order valence-electron chi connectivity index (χ3n) is 4.30. The number of Topliss-reactive ketones (excluding diaryl/α,β-unsaturated/α-hetero) is 1. The van der Waals surface area contributed by atoms with Crippen molar-refractivity contribution in [1.82, 2.24) is 10.6 Å². The molecule has 7 heteroatoms. The lowest BCUT2D eigenvalue weighted by molar-refractivity contribution is -0.148. The first-order valence-electron chi connectivity index (χ1n) is 9.23. The van der Waals surface area contributed by atoms with Crippen LogP contribution in [0.15, 0.2) is 48.5 Å². The van der Waals surface area contributed by atoms with Crippen molar-refractivity contribution in [3.05, 3.63) is 70.8 Å². The second-order valence-corrected chi connectivity index (χ2v) is 6.60. The van der Waals surface area contributed by atoms with E-state index >= 15 is 0 Å². The second-order valence-electron chi connectivity index (χ2n) is 6.60. The molecule has 0 aliphatic carbocycles. The molecule has 0 aromatic heterocycles. The largest absolute Gasteiger partial charge is 0.456 e. The van der Waals surface area contributed by atoms with E-state index in [1.165, 1.54) is 0 Å². The third-order valence-corrected chi connectivity index (χ3v) is 4.30. The number of urea groups is 1. The molecule has 2 N–H and O–H groups in total. The first-order valence-corrected chi connectivity index (χ1v) is 9.23. The summed E-state index contributed by atoms with van der Waals surface area (Å²) in [5.41, 5.74) is 3.50. The van der Waals surface area contributed by atoms with Gasteiger partial charge in [-0.25, -0.2) is 4.79 Å². The van der Waals surface area contributed by atoms with Gasteiger partial charge in [0.1, 0.15) is 0 Å². The summed E-state index contributed by atoms with van der Waals surface area (Å²) in [6, 6.07) is 13.9. The van der Waals surface area contributed by atoms with Crippen molar-refractivity contribution in [3.63, 3.8) is 0 Å². The molecule has 29 heavy (non-hydrogen) atoms. The fraction of sp³-hybridized carbons (Fsp3) is 0.273. The fourth-order valence-corrected chi connectivity index (χ4v) is 2.48. The van der Waals surface area contributed by atoms with Gasteiger partial charge >= 0.3 is 12.0 Å². The van der Waals surface area contributed by atoms with E-state index in [0.29, 0.717) is 5.56 Å². The van der Waals surface area contributed by atoms with Crippen molar-refractivity contribution < 1.29 is 23.9 Å². The van der Waals surface area contributed by atoms with E-state index < -0.39 is 24.5 Å². The van der Waals surface area contributed by atoms with Gasteiger partial charge in [0.2, 0.25) is 0 Å². The number of carbonyl (C=O) groups excluding carboxylic acids is 4. The fourth-order valence-electron chi connectivity index (χ4n) is 2.48. The van der Waals surface area contributed by atoms with Crippen LogP contribution in [0.25, 0.3) is 0 Å². The number of benzene rings is 2. The molecule has 2 aromatic carbocycles. The van der Waals surface area contributed by atoms with Crippen LogP contribution in [0.3, 0.4) is 0 Å². The van der Waals surface area contributed by atoms with E-state index in [9.17, 15) is 19.2 Å². The van der Waals surface area contributed by atoms with Crippen LogP contribution in [-0.2, 0) is 20.9 Å². The normalized spacial score (nSPS) is 10.1. The molecule has 0 spiro atoms. The molecule has 3 amide bonds. The molecular formula is C22H24N2O5. The smallest absolute Gasteiger partial charge is 0.321 e. The number of ether oxygens (including phenoxy) is 1. The Balaban J connectivity index is 1.66. The molecule has 0 heterocycles. The molecule has 0 atom stereocenters. The molecule has 0 fully saturated rings. The molecular weight excluding hydrogens is 372 g/mol. The highest BCUT2D eigenvalue weighted by atomic mass is 16.5. The molecule has 152 valence electrons. The number of carbonyl (C=O) groups is 4. The SMILES string of the molecule is Cc1ccc(C(=O)CCC(=O)OCC(=O)NC(=O)NCc2ccccc2)cc1C. The zero-order valence-electron chi connectivity index (χ0n) is 16.5. The maximum atomic E-state index is 12.1. The quantitative estimate of drug-likeness (QED) is 0.528. The molecule has 0 aliphatic heterocycles. The Kier molecular flexibility index (Phi) is 8.09. The summed E-state index contributed by atoms with van der Waals surface area (Å²) in [5.74, 6) is -1.60.